The predicted octanol–water partition coefficient (Wildman–Crippen LogP) is -5.64. The Labute approximate surface area is 615 Å². The van der Waals surface area contributed by atoms with Gasteiger partial charge < -0.3 is 93.1 Å². The summed E-state index contributed by atoms with van der Waals surface area (Å²) in [5.74, 6) is 5.36. The largest absolute Gasteiger partial charge is 0.391 e. The number of pyridine rings is 2. The van der Waals surface area contributed by atoms with Gasteiger partial charge in [-0.2, -0.15) is 0 Å². The van der Waals surface area contributed by atoms with Gasteiger partial charge in [-0.15, -0.1) is 0 Å². The van der Waals surface area contributed by atoms with Crippen molar-refractivity contribution in [1.82, 2.24) is 0 Å². The molecule has 10 aliphatic carbocycles. The van der Waals surface area contributed by atoms with Gasteiger partial charge in [0.2, 0.25) is 5.52 Å². The first kappa shape index (κ1) is 94.8. The first-order valence-electron chi connectivity index (χ1n) is 40.6. The first-order valence-corrected chi connectivity index (χ1v) is 40.6. The van der Waals surface area contributed by atoms with Gasteiger partial charge in [0.15, 0.2) is 18.6 Å². The van der Waals surface area contributed by atoms with E-state index in [1.54, 1.807) is 19.3 Å². The molecule has 6 bridgehead atoms. The van der Waals surface area contributed by atoms with Gasteiger partial charge in [0, 0.05) is 80.5 Å². The van der Waals surface area contributed by atoms with Crippen molar-refractivity contribution >= 4 is 10.9 Å². The molecule has 20 nitrogen and oxygen atoms in total. The van der Waals surface area contributed by atoms with E-state index in [2.05, 4.69) is 144 Å². The van der Waals surface area contributed by atoms with E-state index in [0.717, 1.165) is 104 Å². The van der Waals surface area contributed by atoms with Crippen LogP contribution in [0.25, 0.3) is 10.9 Å². The number of aliphatic hydroxyl groups excluding tert-OH is 3. The number of hydrogen-bond acceptors (Lipinski definition) is 3. The number of rotatable bonds is 17. The minimum absolute atomic E-state index is 0.106. The van der Waals surface area contributed by atoms with Crippen LogP contribution in [0.5, 0.6) is 0 Å². The summed E-state index contributed by atoms with van der Waals surface area (Å²) >= 11 is 0. The molecule has 1 aliphatic heterocycles. The number of hydrogen-bond donors (Lipinski definition) is 18. The zero-order chi connectivity index (χ0) is 74.4. The van der Waals surface area contributed by atoms with Gasteiger partial charge in [-0.25, -0.2) is 9.97 Å². The lowest BCUT2D eigenvalue weighted by Crippen LogP contribution is -3.14. The molecule has 0 amide bonds. The highest BCUT2D eigenvalue weighted by Crippen LogP contribution is 2.53. The normalized spacial score (nSPS) is 22.5. The van der Waals surface area contributed by atoms with E-state index < -0.39 is 0 Å². The number of unbranched alkanes of at least 4 members (excludes halogenated alkanes) is 3. The van der Waals surface area contributed by atoms with E-state index in [4.69, 9.17) is 15.3 Å². The second kappa shape index (κ2) is 64.2. The standard InChI is InChI=1S/C10H17N.C9H7N.C8H11N.C7H13N.2C6H16N2.C6H15NO3.C6H13N.C5H5N.C5H11N.C4H5N.C4H9N.C3H7N.C2H8N2/c11-10-4-7-1-8(5-10)3-9(2-7)6-10;1-2-6-9-8(4-1)5-3-7-10-9;9-7-6-8-4-2-1-3-5-8;8-7-4-5-1-2-6(7)3-5;1-7(2)5-6-8(3)4;7-5-3-1-2-4-6-8;8-4-1-7(2-5-9)3-6-10;7-6-4-2-1-3-5-6;1-2-4-6-5-3-1;6-5-3-1-2-4-5;1-2-4-5-3-1;5-4-2-1-3-4;4-3-1-2-3;3-1-2-4/h7-9H,1-6,11H2;1-7H;1-5H,6-7,9H2;5-7H,1-4,8H2;5-6H2,1-4H3;1-8H2;8-10H,1-6H2;6H,1-5,7H2;1-5H;5H,1-4,6H2;1-5H;4H,1-3,5H2;3H,1-2,4H2;1-4H2/p+17. The maximum atomic E-state index is 8.51. The van der Waals surface area contributed by atoms with Gasteiger partial charge in [0.25, 0.3) is 0 Å². The predicted molar refractivity (Wildman–Crippen MR) is 411 cm³/mol. The Morgan fingerprint density at radius 2 is 0.871 bits per heavy atom. The number of aromatic amines is 2. The molecule has 2 aromatic heterocycles. The Bertz CT molecular complexity index is 2280. The number of quaternary nitrogens is 15. The summed E-state index contributed by atoms with van der Waals surface area (Å²) in [6.07, 6.45) is 54.6. The van der Waals surface area contributed by atoms with Crippen LogP contribution >= 0.6 is 0 Å². The van der Waals surface area contributed by atoms with Crippen LogP contribution in [0.1, 0.15) is 185 Å². The number of H-pyrrole nitrogens is 2. The van der Waals surface area contributed by atoms with Gasteiger partial charge in [0.05, 0.1) is 116 Å². The Morgan fingerprint density at radius 1 is 0.436 bits per heavy atom. The van der Waals surface area contributed by atoms with Crippen molar-refractivity contribution < 1.29 is 108 Å². The zero-order valence-electron chi connectivity index (χ0n) is 65.8. The maximum absolute atomic E-state index is 8.51. The van der Waals surface area contributed by atoms with Crippen molar-refractivity contribution in [2.24, 2.45) is 29.6 Å². The molecule has 4 aromatic rings. The fourth-order valence-corrected chi connectivity index (χ4v) is 14.1. The van der Waals surface area contributed by atoms with Gasteiger partial charge >= 0.3 is 0 Å². The Balaban J connectivity index is 0.000000549. The number of likely N-dealkylation sites (N-methyl/N-ethyl adjacent to an activating group) is 2. The molecular formula is C81H170N17O3+17. The number of benzene rings is 2. The molecule has 11 aliphatic rings. The van der Waals surface area contributed by atoms with Crippen molar-refractivity contribution in [3.8, 4) is 0 Å². The summed E-state index contributed by atoms with van der Waals surface area (Å²) in [7, 11) is 8.73. The van der Waals surface area contributed by atoms with Gasteiger partial charge in [0.1, 0.15) is 45.8 Å². The lowest BCUT2D eigenvalue weighted by atomic mass is 9.53. The highest BCUT2D eigenvalue weighted by atomic mass is 16.3. The molecule has 20 heteroatoms. The number of nitrogens with one attached hydrogen (secondary N) is 5. The molecule has 43 N–H and O–H groups in total. The molecular weight excluding hydrogens is 1260 g/mol. The third kappa shape index (κ3) is 55.0. The Morgan fingerprint density at radius 3 is 1.15 bits per heavy atom. The lowest BCUT2D eigenvalue weighted by molar-refractivity contribution is -0.918. The van der Waals surface area contributed by atoms with Crippen LogP contribution in [-0.2, 0) is 6.42 Å². The van der Waals surface area contributed by atoms with Crippen molar-refractivity contribution in [2.45, 2.75) is 222 Å². The number of aliphatic hydroxyl groups is 3. The second-order valence-corrected chi connectivity index (χ2v) is 31.0. The lowest BCUT2D eigenvalue weighted by Gasteiger charge is -2.52. The Kier molecular flexibility index (Phi) is 60.2. The molecule has 3 unspecified atom stereocenters. The van der Waals surface area contributed by atoms with E-state index in [1.807, 2.05) is 90.9 Å². The molecule has 0 saturated heterocycles. The van der Waals surface area contributed by atoms with Crippen LogP contribution in [0.3, 0.4) is 0 Å². The van der Waals surface area contributed by atoms with E-state index >= 15 is 0 Å². The fourth-order valence-electron chi connectivity index (χ4n) is 14.1. The summed E-state index contributed by atoms with van der Waals surface area (Å²) in [5, 5.41) is 28.8. The molecule has 580 valence electrons. The van der Waals surface area contributed by atoms with E-state index in [-0.39, 0.29) is 19.8 Å². The zero-order valence-corrected chi connectivity index (χ0v) is 65.8. The first-order chi connectivity index (χ1) is 48.9. The quantitative estimate of drug-likeness (QED) is 0.0461. The molecule has 0 spiro atoms. The topological polar surface area (TPSA) is 423 Å². The summed E-state index contributed by atoms with van der Waals surface area (Å²) in [6, 6.07) is 32.6. The maximum Gasteiger partial charge on any atom is 0.210 e. The number of nitrogens with two attached hydrogens (primary N) is 1. The van der Waals surface area contributed by atoms with Gasteiger partial charge in [-0.05, 0) is 188 Å². The van der Waals surface area contributed by atoms with Crippen LogP contribution < -0.4 is 93.1 Å². The van der Waals surface area contributed by atoms with Crippen molar-refractivity contribution in [3.63, 3.8) is 0 Å². The van der Waals surface area contributed by atoms with Crippen LogP contribution in [0.15, 0.2) is 128 Å². The van der Waals surface area contributed by atoms with Crippen molar-refractivity contribution in [1.29, 1.82) is 0 Å². The van der Waals surface area contributed by atoms with E-state index in [0.29, 0.717) is 25.2 Å². The molecule has 101 heavy (non-hydrogen) atoms. The van der Waals surface area contributed by atoms with Crippen LogP contribution in [0.2, 0.25) is 0 Å². The number of fused-ring (bicyclic) bond motifs is 3. The molecule has 0 radical (unpaired) electrons. The number of aromatic nitrogens is 2. The summed E-state index contributed by atoms with van der Waals surface area (Å²) in [6.45, 7) is 9.74. The minimum atomic E-state index is 0.106. The number of allylic oxidation sites excluding steroid dienone is 2. The molecule has 10 saturated carbocycles. The molecule has 10 fully saturated rings. The summed E-state index contributed by atoms with van der Waals surface area (Å²) < 4.78 is 0. The van der Waals surface area contributed by atoms with Crippen LogP contribution in [0.4, 0.5) is 0 Å². The van der Waals surface area contributed by atoms with Gasteiger partial charge in [-0.3, -0.25) is 5.32 Å². The summed E-state index contributed by atoms with van der Waals surface area (Å²) in [4.78, 5) is 10.1. The third-order valence-corrected chi connectivity index (χ3v) is 20.2. The average Bonchev–Trinajstić information content (AvgIpc) is 1.22. The van der Waals surface area contributed by atoms with E-state index in [1.165, 1.54) is 200 Å². The minimum Gasteiger partial charge on any atom is -0.391 e. The van der Waals surface area contributed by atoms with E-state index in [9.17, 15) is 0 Å². The van der Waals surface area contributed by atoms with Gasteiger partial charge in [-0.1, -0.05) is 55.0 Å². The highest BCUT2D eigenvalue weighted by Gasteiger charge is 2.51. The second-order valence-electron chi connectivity index (χ2n) is 31.0. The SMILES string of the molecule is C1=C[NH2+]C=C1.C[NH+](C)CC[NH+](C)C.OCC[NH+](CCO)CCO.[NH3+]C12CC3CC(CC(C3)C1)C2.[NH3+]C1CC1.[NH3+]C1CC2CCC1C2.[NH3+]C1CCC1.[NH3+]C1CCCC1.[NH3+]C1CCCCC1.[NH3+]CCCCCC[NH3+].[NH3+]CC[NH3+].[NH3+]CCc1ccccc1.c1cc[nH+]cc1.c1ccc2[nH+]cccc2c1. The highest BCUT2D eigenvalue weighted by molar-refractivity contribution is 5.74. The van der Waals surface area contributed by atoms with Crippen molar-refractivity contribution in [3.05, 3.63) is 134 Å². The number of para-hydroxylation sites is 1. The molecule has 3 atom stereocenters. The summed E-state index contributed by atoms with van der Waals surface area (Å²) in [5.41, 5.74) is 45.6. The molecule has 2 aromatic carbocycles. The monoisotopic (exact) mass is 1430 g/mol. The fraction of sp³-hybridized carbons (Fsp3) is 0.704. The molecule has 3 heterocycles. The van der Waals surface area contributed by atoms with Crippen molar-refractivity contribution in [2.75, 3.05) is 113 Å². The average molecular weight is 1430 g/mol. The van der Waals surface area contributed by atoms with Crippen LogP contribution in [0, 0.1) is 29.6 Å². The smallest absolute Gasteiger partial charge is 0.210 e. The van der Waals surface area contributed by atoms with Crippen LogP contribution in [-0.4, -0.2) is 165 Å². The third-order valence-electron chi connectivity index (χ3n) is 20.2. The Hall–Kier alpha value is -4.24. The molecule has 15 rings (SSSR count).